The van der Waals surface area contributed by atoms with Gasteiger partial charge in [0, 0.05) is 30.0 Å². The molecule has 1 aliphatic rings. The average molecular weight is 421 g/mol. The predicted molar refractivity (Wildman–Crippen MR) is 115 cm³/mol. The SMILES string of the molecule is CCC(F)(F)c1cccc(CC(=O)C2C(=O)N(c3ccc4cccnc4c3)N=C2C)c1. The summed E-state index contributed by atoms with van der Waals surface area (Å²) in [5.41, 5.74) is 1.93. The van der Waals surface area contributed by atoms with Gasteiger partial charge in [0.15, 0.2) is 5.78 Å². The van der Waals surface area contributed by atoms with Crippen LogP contribution in [0.3, 0.4) is 0 Å². The first-order valence-corrected chi connectivity index (χ1v) is 10.0. The van der Waals surface area contributed by atoms with Crippen LogP contribution in [-0.4, -0.2) is 22.4 Å². The maximum atomic E-state index is 14.0. The third kappa shape index (κ3) is 3.95. The van der Waals surface area contributed by atoms with E-state index in [2.05, 4.69) is 10.1 Å². The van der Waals surface area contributed by atoms with Crippen LogP contribution in [0.15, 0.2) is 65.9 Å². The van der Waals surface area contributed by atoms with E-state index in [4.69, 9.17) is 0 Å². The van der Waals surface area contributed by atoms with Crippen LogP contribution in [0.5, 0.6) is 0 Å². The van der Waals surface area contributed by atoms with Crippen LogP contribution in [0.4, 0.5) is 14.5 Å². The Morgan fingerprint density at radius 1 is 1.13 bits per heavy atom. The van der Waals surface area contributed by atoms with Crippen molar-refractivity contribution in [2.75, 3.05) is 5.01 Å². The molecule has 7 heteroatoms. The van der Waals surface area contributed by atoms with E-state index in [0.717, 1.165) is 5.39 Å². The third-order valence-corrected chi connectivity index (χ3v) is 5.46. The van der Waals surface area contributed by atoms with Gasteiger partial charge in [-0.3, -0.25) is 14.6 Å². The van der Waals surface area contributed by atoms with E-state index >= 15 is 0 Å². The van der Waals surface area contributed by atoms with Crippen molar-refractivity contribution in [1.82, 2.24) is 4.98 Å². The van der Waals surface area contributed by atoms with Gasteiger partial charge in [0.05, 0.1) is 16.9 Å². The highest BCUT2D eigenvalue weighted by molar-refractivity contribution is 6.27. The smallest absolute Gasteiger partial charge is 0.273 e. The number of benzene rings is 2. The molecular weight excluding hydrogens is 400 g/mol. The number of hydrogen-bond donors (Lipinski definition) is 0. The molecule has 0 spiro atoms. The molecule has 0 N–H and O–H groups in total. The molecule has 0 radical (unpaired) electrons. The number of anilines is 1. The van der Waals surface area contributed by atoms with Gasteiger partial charge in [-0.1, -0.05) is 37.3 Å². The Morgan fingerprint density at radius 3 is 2.71 bits per heavy atom. The lowest BCUT2D eigenvalue weighted by Gasteiger charge is -2.16. The fourth-order valence-corrected chi connectivity index (χ4v) is 3.72. The molecule has 0 saturated heterocycles. The van der Waals surface area contributed by atoms with Crippen LogP contribution in [-0.2, 0) is 21.9 Å². The highest BCUT2D eigenvalue weighted by Crippen LogP contribution is 2.32. The van der Waals surface area contributed by atoms with Gasteiger partial charge in [-0.25, -0.2) is 8.78 Å². The fraction of sp³-hybridized carbons (Fsp3) is 0.250. The van der Waals surface area contributed by atoms with Crippen molar-refractivity contribution in [2.24, 2.45) is 11.0 Å². The van der Waals surface area contributed by atoms with Gasteiger partial charge in [-0.2, -0.15) is 10.1 Å². The lowest BCUT2D eigenvalue weighted by molar-refractivity contribution is -0.128. The quantitative estimate of drug-likeness (QED) is 0.533. The minimum atomic E-state index is -2.96. The highest BCUT2D eigenvalue weighted by Gasteiger charge is 2.39. The van der Waals surface area contributed by atoms with Gasteiger partial charge < -0.3 is 0 Å². The van der Waals surface area contributed by atoms with E-state index in [1.54, 1.807) is 31.3 Å². The van der Waals surface area contributed by atoms with Gasteiger partial charge in [0.25, 0.3) is 11.8 Å². The number of ketones is 1. The molecule has 2 heterocycles. The zero-order valence-corrected chi connectivity index (χ0v) is 17.2. The molecule has 1 aromatic heterocycles. The third-order valence-electron chi connectivity index (χ3n) is 5.46. The monoisotopic (exact) mass is 421 g/mol. The second-order valence-corrected chi connectivity index (χ2v) is 7.61. The molecule has 5 nitrogen and oxygen atoms in total. The average Bonchev–Trinajstić information content (AvgIpc) is 3.07. The first-order valence-electron chi connectivity index (χ1n) is 10.0. The number of fused-ring (bicyclic) bond motifs is 1. The Balaban J connectivity index is 1.55. The first kappa shape index (κ1) is 20.8. The zero-order chi connectivity index (χ0) is 22.2. The van der Waals surface area contributed by atoms with Crippen LogP contribution in [0.2, 0.25) is 0 Å². The molecule has 0 aliphatic carbocycles. The largest absolute Gasteiger partial charge is 0.298 e. The van der Waals surface area contributed by atoms with E-state index in [9.17, 15) is 18.4 Å². The normalized spacial score (nSPS) is 16.6. The molecule has 0 bridgehead atoms. The number of carbonyl (C=O) groups is 2. The molecule has 1 amide bonds. The Kier molecular flexibility index (Phi) is 5.35. The molecule has 3 aromatic rings. The second-order valence-electron chi connectivity index (χ2n) is 7.61. The second kappa shape index (κ2) is 7.98. The summed E-state index contributed by atoms with van der Waals surface area (Å²) in [6, 6.07) is 14.9. The Morgan fingerprint density at radius 2 is 1.94 bits per heavy atom. The van der Waals surface area contributed by atoms with E-state index < -0.39 is 17.7 Å². The summed E-state index contributed by atoms with van der Waals surface area (Å²) in [6.45, 7) is 3.03. The lowest BCUT2D eigenvalue weighted by Crippen LogP contribution is -2.33. The fourth-order valence-electron chi connectivity index (χ4n) is 3.72. The number of halogens is 2. The number of rotatable bonds is 6. The molecule has 0 saturated carbocycles. The molecule has 2 aromatic carbocycles. The number of amides is 1. The van der Waals surface area contributed by atoms with Crippen LogP contribution in [0.25, 0.3) is 10.9 Å². The van der Waals surface area contributed by atoms with E-state index in [1.807, 2.05) is 18.2 Å². The maximum Gasteiger partial charge on any atom is 0.273 e. The van der Waals surface area contributed by atoms with Crippen molar-refractivity contribution in [2.45, 2.75) is 32.6 Å². The van der Waals surface area contributed by atoms with Gasteiger partial charge in [-0.15, -0.1) is 0 Å². The lowest BCUT2D eigenvalue weighted by atomic mass is 9.92. The summed E-state index contributed by atoms with van der Waals surface area (Å²) in [6.07, 6.45) is 1.21. The van der Waals surface area contributed by atoms with Crippen LogP contribution < -0.4 is 5.01 Å². The Bertz CT molecular complexity index is 1210. The van der Waals surface area contributed by atoms with Crippen molar-refractivity contribution in [3.05, 3.63) is 71.9 Å². The zero-order valence-electron chi connectivity index (χ0n) is 17.2. The molecule has 4 rings (SSSR count). The van der Waals surface area contributed by atoms with Crippen LogP contribution in [0.1, 0.15) is 31.4 Å². The predicted octanol–water partition coefficient (Wildman–Crippen LogP) is 4.89. The molecule has 1 aliphatic heterocycles. The molecule has 31 heavy (non-hydrogen) atoms. The number of hydrogen-bond acceptors (Lipinski definition) is 4. The van der Waals surface area contributed by atoms with E-state index in [1.165, 1.54) is 30.1 Å². The number of carbonyl (C=O) groups excluding carboxylic acids is 2. The van der Waals surface area contributed by atoms with Crippen molar-refractivity contribution in [3.8, 4) is 0 Å². The van der Waals surface area contributed by atoms with E-state index in [-0.39, 0.29) is 24.2 Å². The maximum absolute atomic E-state index is 14.0. The van der Waals surface area contributed by atoms with Gasteiger partial charge >= 0.3 is 0 Å². The minimum Gasteiger partial charge on any atom is -0.298 e. The number of nitrogens with zero attached hydrogens (tertiary/aromatic N) is 3. The number of Topliss-reactive ketones (excluding diaryl/α,β-unsaturated/α-hetero) is 1. The van der Waals surface area contributed by atoms with Gasteiger partial charge in [0.1, 0.15) is 5.92 Å². The molecule has 1 unspecified atom stereocenters. The summed E-state index contributed by atoms with van der Waals surface area (Å²) < 4.78 is 28.0. The molecule has 1 atom stereocenters. The summed E-state index contributed by atoms with van der Waals surface area (Å²) in [5, 5.41) is 6.43. The highest BCUT2D eigenvalue weighted by atomic mass is 19.3. The van der Waals surface area contributed by atoms with Gasteiger partial charge in [0.2, 0.25) is 0 Å². The van der Waals surface area contributed by atoms with Crippen LogP contribution >= 0.6 is 0 Å². The number of aromatic nitrogens is 1. The molecular formula is C24H21F2N3O2. The number of alkyl halides is 2. The van der Waals surface area contributed by atoms with Crippen molar-refractivity contribution in [1.29, 1.82) is 0 Å². The Hall–Kier alpha value is -3.48. The first-order chi connectivity index (χ1) is 14.8. The van der Waals surface area contributed by atoms with Gasteiger partial charge in [-0.05, 0) is 36.8 Å². The Labute approximate surface area is 178 Å². The molecule has 0 fully saturated rings. The standard InChI is InChI=1S/C24H21F2N3O2/c1-3-24(25,26)18-8-4-6-16(12-18)13-21(30)22-15(2)28-29(23(22)31)19-10-9-17-7-5-11-27-20(17)14-19/h4-12,14,22H,3,13H2,1-2H3. The molecule has 158 valence electrons. The summed E-state index contributed by atoms with van der Waals surface area (Å²) in [7, 11) is 0. The topological polar surface area (TPSA) is 62.6 Å². The van der Waals surface area contributed by atoms with Crippen molar-refractivity contribution < 1.29 is 18.4 Å². The minimum absolute atomic E-state index is 0.121. The summed E-state index contributed by atoms with van der Waals surface area (Å²) in [5.74, 6) is -4.81. The van der Waals surface area contributed by atoms with Crippen molar-refractivity contribution >= 4 is 34.0 Å². The van der Waals surface area contributed by atoms with Crippen LogP contribution in [0, 0.1) is 5.92 Å². The number of pyridine rings is 1. The number of hydrazone groups is 1. The summed E-state index contributed by atoms with van der Waals surface area (Å²) in [4.78, 5) is 30.2. The van der Waals surface area contributed by atoms with E-state index in [0.29, 0.717) is 22.5 Å². The van der Waals surface area contributed by atoms with Crippen molar-refractivity contribution in [3.63, 3.8) is 0 Å². The summed E-state index contributed by atoms with van der Waals surface area (Å²) >= 11 is 0.